The molecule has 0 aromatic carbocycles. The van der Waals surface area contributed by atoms with E-state index in [2.05, 4.69) is 37.9 Å². The van der Waals surface area contributed by atoms with Gasteiger partial charge >= 0.3 is 0 Å². The molecule has 0 aromatic rings. The summed E-state index contributed by atoms with van der Waals surface area (Å²) in [7, 11) is 1.85. The fraction of sp³-hybridized carbons (Fsp3) is 1.00. The van der Waals surface area contributed by atoms with Gasteiger partial charge in [0.1, 0.15) is 0 Å². The molecule has 1 heterocycles. The molecule has 3 atom stereocenters. The molecule has 1 saturated heterocycles. The van der Waals surface area contributed by atoms with Gasteiger partial charge in [0.2, 0.25) is 0 Å². The van der Waals surface area contributed by atoms with Crippen LogP contribution in [0.15, 0.2) is 0 Å². The van der Waals surface area contributed by atoms with Gasteiger partial charge in [-0.1, -0.05) is 13.8 Å². The molecule has 1 rings (SSSR count). The molecule has 0 spiro atoms. The van der Waals surface area contributed by atoms with Gasteiger partial charge in [-0.25, -0.2) is 0 Å². The second kappa shape index (κ2) is 7.46. The minimum Gasteiger partial charge on any atom is -0.377 e. The smallest absolute Gasteiger partial charge is 0.0777 e. The van der Waals surface area contributed by atoms with Gasteiger partial charge in [-0.05, 0) is 58.7 Å². The minimum atomic E-state index is 0.0586. The van der Waals surface area contributed by atoms with E-state index in [9.17, 15) is 0 Å². The van der Waals surface area contributed by atoms with Crippen molar-refractivity contribution in [2.24, 2.45) is 5.92 Å². The first-order valence-electron chi connectivity index (χ1n) is 7.52. The molecule has 1 N–H and O–H groups in total. The van der Waals surface area contributed by atoms with Crippen LogP contribution in [0, 0.1) is 5.92 Å². The van der Waals surface area contributed by atoms with Gasteiger partial charge in [0.15, 0.2) is 0 Å². The van der Waals surface area contributed by atoms with Crippen LogP contribution in [-0.2, 0) is 4.74 Å². The number of nitrogens with zero attached hydrogens (tertiary/aromatic N) is 1. The first kappa shape index (κ1) is 15.9. The Hall–Kier alpha value is -0.120. The van der Waals surface area contributed by atoms with Crippen molar-refractivity contribution in [1.29, 1.82) is 0 Å². The van der Waals surface area contributed by atoms with E-state index < -0.39 is 0 Å². The molecule has 1 aliphatic heterocycles. The second-order valence-electron chi connectivity index (χ2n) is 6.15. The van der Waals surface area contributed by atoms with Gasteiger partial charge in [0.25, 0.3) is 0 Å². The summed E-state index contributed by atoms with van der Waals surface area (Å²) in [5, 5.41) is 3.53. The Kier molecular flexibility index (Phi) is 6.61. The van der Waals surface area contributed by atoms with Gasteiger partial charge in [-0.15, -0.1) is 0 Å². The van der Waals surface area contributed by atoms with E-state index in [0.29, 0.717) is 12.0 Å². The number of hydrogen-bond acceptors (Lipinski definition) is 3. The fourth-order valence-electron chi connectivity index (χ4n) is 2.80. The summed E-state index contributed by atoms with van der Waals surface area (Å²) in [6.07, 6.45) is 3.66. The second-order valence-corrected chi connectivity index (χ2v) is 6.15. The predicted octanol–water partition coefficient (Wildman–Crippen LogP) is 2.51. The summed E-state index contributed by atoms with van der Waals surface area (Å²) in [6.45, 7) is 13.7. The third-order valence-corrected chi connectivity index (χ3v) is 4.47. The third-order valence-electron chi connectivity index (χ3n) is 4.47. The maximum Gasteiger partial charge on any atom is 0.0777 e. The van der Waals surface area contributed by atoms with E-state index >= 15 is 0 Å². The van der Waals surface area contributed by atoms with Crippen molar-refractivity contribution in [2.45, 2.75) is 58.6 Å². The maximum absolute atomic E-state index is 5.68. The maximum atomic E-state index is 5.68. The van der Waals surface area contributed by atoms with Gasteiger partial charge in [-0.3, -0.25) is 4.90 Å². The van der Waals surface area contributed by atoms with Crippen LogP contribution < -0.4 is 5.32 Å². The molecule has 3 nitrogen and oxygen atoms in total. The summed E-state index contributed by atoms with van der Waals surface area (Å²) in [4.78, 5) is 2.60. The van der Waals surface area contributed by atoms with Crippen LogP contribution in [0.5, 0.6) is 0 Å². The van der Waals surface area contributed by atoms with Gasteiger partial charge in [0.05, 0.1) is 5.60 Å². The lowest BCUT2D eigenvalue weighted by Crippen LogP contribution is -2.52. The summed E-state index contributed by atoms with van der Waals surface area (Å²) in [6, 6.07) is 0.629. The summed E-state index contributed by atoms with van der Waals surface area (Å²) in [5.41, 5.74) is 0.0586. The zero-order valence-corrected chi connectivity index (χ0v) is 13.0. The molecular formula is C15H32N2O. The molecule has 108 valence electrons. The quantitative estimate of drug-likeness (QED) is 0.708. The van der Waals surface area contributed by atoms with Crippen LogP contribution in [0.4, 0.5) is 0 Å². The molecule has 3 unspecified atom stereocenters. The highest BCUT2D eigenvalue weighted by atomic mass is 16.5. The Morgan fingerprint density at radius 1 is 1.39 bits per heavy atom. The van der Waals surface area contributed by atoms with Crippen LogP contribution in [0.2, 0.25) is 0 Å². The fourth-order valence-corrected chi connectivity index (χ4v) is 2.80. The molecule has 0 saturated carbocycles. The number of piperidine rings is 1. The van der Waals surface area contributed by atoms with Crippen molar-refractivity contribution in [3.05, 3.63) is 0 Å². The van der Waals surface area contributed by atoms with Gasteiger partial charge in [0, 0.05) is 19.7 Å². The normalized spacial score (nSPS) is 29.2. The van der Waals surface area contributed by atoms with E-state index in [0.717, 1.165) is 19.6 Å². The van der Waals surface area contributed by atoms with E-state index in [-0.39, 0.29) is 5.60 Å². The average Bonchev–Trinajstić information content (AvgIpc) is 2.38. The van der Waals surface area contributed by atoms with E-state index in [4.69, 9.17) is 4.74 Å². The highest BCUT2D eigenvalue weighted by Crippen LogP contribution is 2.26. The van der Waals surface area contributed by atoms with Crippen molar-refractivity contribution in [3.8, 4) is 0 Å². The van der Waals surface area contributed by atoms with E-state index in [1.807, 2.05) is 7.11 Å². The topological polar surface area (TPSA) is 24.5 Å². The lowest BCUT2D eigenvalue weighted by Gasteiger charge is -2.44. The Balaban J connectivity index is 2.42. The molecule has 0 bridgehead atoms. The van der Waals surface area contributed by atoms with E-state index in [1.54, 1.807) is 0 Å². The molecule has 1 aliphatic rings. The number of methoxy groups -OCH3 is 1. The lowest BCUT2D eigenvalue weighted by atomic mass is 9.91. The summed E-state index contributed by atoms with van der Waals surface area (Å²) < 4.78 is 5.68. The summed E-state index contributed by atoms with van der Waals surface area (Å²) >= 11 is 0. The number of hydrogen-bond donors (Lipinski definition) is 1. The molecule has 18 heavy (non-hydrogen) atoms. The number of ether oxygens (including phenoxy) is 1. The Morgan fingerprint density at radius 3 is 2.72 bits per heavy atom. The first-order chi connectivity index (χ1) is 8.52. The van der Waals surface area contributed by atoms with Crippen molar-refractivity contribution in [2.75, 3.05) is 33.3 Å². The molecule has 0 radical (unpaired) electrons. The highest BCUT2D eigenvalue weighted by Gasteiger charge is 2.33. The highest BCUT2D eigenvalue weighted by molar-refractivity contribution is 4.88. The molecule has 3 heteroatoms. The lowest BCUT2D eigenvalue weighted by molar-refractivity contribution is -0.0643. The van der Waals surface area contributed by atoms with E-state index in [1.165, 1.54) is 25.8 Å². The van der Waals surface area contributed by atoms with Gasteiger partial charge < -0.3 is 10.1 Å². The van der Waals surface area contributed by atoms with Crippen molar-refractivity contribution >= 4 is 0 Å². The number of nitrogens with one attached hydrogen (secondary N) is 1. The minimum absolute atomic E-state index is 0.0586. The van der Waals surface area contributed by atoms with Crippen LogP contribution in [0.1, 0.15) is 47.0 Å². The molecular weight excluding hydrogens is 224 g/mol. The van der Waals surface area contributed by atoms with Crippen LogP contribution >= 0.6 is 0 Å². The molecule has 0 amide bonds. The first-order valence-corrected chi connectivity index (χ1v) is 7.52. The van der Waals surface area contributed by atoms with Crippen LogP contribution in [-0.4, -0.2) is 49.8 Å². The molecule has 0 aliphatic carbocycles. The zero-order valence-electron chi connectivity index (χ0n) is 13.0. The molecule has 1 fully saturated rings. The Labute approximate surface area is 113 Å². The van der Waals surface area contributed by atoms with Crippen LogP contribution in [0.25, 0.3) is 0 Å². The summed E-state index contributed by atoms with van der Waals surface area (Å²) in [5.74, 6) is 0.691. The average molecular weight is 256 g/mol. The zero-order chi connectivity index (χ0) is 13.6. The van der Waals surface area contributed by atoms with Crippen molar-refractivity contribution in [3.63, 3.8) is 0 Å². The molecule has 0 aromatic heterocycles. The van der Waals surface area contributed by atoms with Crippen LogP contribution in [0.3, 0.4) is 0 Å². The largest absolute Gasteiger partial charge is 0.377 e. The standard InChI is InChI=1S/C15H32N2O/c1-6-9-16-11-13(2)14(3)17-10-7-8-15(4,12-17)18-5/h13-14,16H,6-12H2,1-5H3. The number of rotatable bonds is 7. The monoisotopic (exact) mass is 256 g/mol. The Bertz CT molecular complexity index is 235. The predicted molar refractivity (Wildman–Crippen MR) is 78.0 cm³/mol. The van der Waals surface area contributed by atoms with Gasteiger partial charge in [-0.2, -0.15) is 0 Å². The SMILES string of the molecule is CCCNCC(C)C(C)N1CCCC(C)(OC)C1. The third kappa shape index (κ3) is 4.52. The Morgan fingerprint density at radius 2 is 2.11 bits per heavy atom. The number of likely N-dealkylation sites (tertiary alicyclic amines) is 1. The van der Waals surface area contributed by atoms with Crippen molar-refractivity contribution in [1.82, 2.24) is 10.2 Å². The van der Waals surface area contributed by atoms with Crippen molar-refractivity contribution < 1.29 is 4.74 Å².